The Morgan fingerprint density at radius 1 is 1.47 bits per heavy atom. The highest BCUT2D eigenvalue weighted by Gasteiger charge is 2.16. The van der Waals surface area contributed by atoms with Crippen molar-refractivity contribution in [3.63, 3.8) is 0 Å². The van der Waals surface area contributed by atoms with Crippen LogP contribution in [0.15, 0.2) is 6.20 Å². The molecule has 106 valence electrons. The third kappa shape index (κ3) is 4.06. The molecular formula is C12H22N6O. The molecule has 7 nitrogen and oxygen atoms in total. The zero-order valence-electron chi connectivity index (χ0n) is 12.0. The van der Waals surface area contributed by atoms with Crippen molar-refractivity contribution in [2.45, 2.75) is 20.3 Å². The summed E-state index contributed by atoms with van der Waals surface area (Å²) in [6.45, 7) is 5.02. The number of hydrazine groups is 1. The van der Waals surface area contributed by atoms with Crippen LogP contribution in [0.25, 0.3) is 0 Å². The summed E-state index contributed by atoms with van der Waals surface area (Å²) >= 11 is 0. The van der Waals surface area contributed by atoms with Gasteiger partial charge in [-0.05, 0) is 13.3 Å². The second kappa shape index (κ2) is 6.89. The Kier molecular flexibility index (Phi) is 5.50. The summed E-state index contributed by atoms with van der Waals surface area (Å²) < 4.78 is 0. The van der Waals surface area contributed by atoms with Gasteiger partial charge in [-0.1, -0.05) is 6.92 Å². The maximum Gasteiger partial charge on any atom is 0.241 e. The maximum atomic E-state index is 11.9. The number of carbonyl (C=O) groups is 1. The quantitative estimate of drug-likeness (QED) is 0.571. The number of nitrogens with zero attached hydrogens (tertiary/aromatic N) is 4. The molecule has 1 aromatic heterocycles. The standard InChI is InChI=1S/C12H22N6O/c1-5-6-18(8-10(19)17(3)4)11-9(2)7-14-12(15-11)16-13/h7H,5-6,8,13H2,1-4H3,(H,14,15,16). The molecule has 1 aromatic rings. The van der Waals surface area contributed by atoms with Crippen LogP contribution in [0.4, 0.5) is 11.8 Å². The van der Waals surface area contributed by atoms with Crippen molar-refractivity contribution in [2.75, 3.05) is 37.5 Å². The van der Waals surface area contributed by atoms with E-state index in [4.69, 9.17) is 5.84 Å². The lowest BCUT2D eigenvalue weighted by molar-refractivity contribution is -0.127. The Morgan fingerprint density at radius 3 is 2.68 bits per heavy atom. The second-order valence-corrected chi connectivity index (χ2v) is 4.55. The summed E-state index contributed by atoms with van der Waals surface area (Å²) in [6.07, 6.45) is 2.62. The van der Waals surface area contributed by atoms with Crippen molar-refractivity contribution in [3.05, 3.63) is 11.8 Å². The molecule has 0 unspecified atom stereocenters. The van der Waals surface area contributed by atoms with E-state index in [-0.39, 0.29) is 5.91 Å². The average Bonchev–Trinajstić information content (AvgIpc) is 2.38. The Hall–Kier alpha value is -1.89. The highest BCUT2D eigenvalue weighted by atomic mass is 16.2. The van der Waals surface area contributed by atoms with E-state index in [1.54, 1.807) is 25.2 Å². The molecule has 1 amide bonds. The Labute approximate surface area is 113 Å². The fourth-order valence-corrected chi connectivity index (χ4v) is 1.66. The van der Waals surface area contributed by atoms with Crippen LogP contribution in [0.2, 0.25) is 0 Å². The lowest BCUT2D eigenvalue weighted by atomic mass is 10.3. The Bertz CT molecular complexity index is 434. The molecule has 0 radical (unpaired) electrons. The van der Waals surface area contributed by atoms with Crippen LogP contribution in [0.5, 0.6) is 0 Å². The van der Waals surface area contributed by atoms with E-state index in [1.807, 2.05) is 11.8 Å². The predicted octanol–water partition coefficient (Wildman–Crippen LogP) is 0.375. The van der Waals surface area contributed by atoms with Gasteiger partial charge >= 0.3 is 0 Å². The number of likely N-dealkylation sites (N-methyl/N-ethyl adjacent to an activating group) is 1. The SMILES string of the molecule is CCCN(CC(=O)N(C)C)c1nc(NN)ncc1C. The van der Waals surface area contributed by atoms with Gasteiger partial charge in [0.15, 0.2) is 0 Å². The van der Waals surface area contributed by atoms with E-state index in [1.165, 1.54) is 0 Å². The number of nitrogen functional groups attached to an aromatic ring is 1. The molecule has 0 aliphatic rings. The summed E-state index contributed by atoms with van der Waals surface area (Å²) in [6, 6.07) is 0. The minimum atomic E-state index is 0.0359. The van der Waals surface area contributed by atoms with Crippen LogP contribution >= 0.6 is 0 Å². The van der Waals surface area contributed by atoms with E-state index in [0.717, 1.165) is 24.3 Å². The maximum absolute atomic E-state index is 11.9. The molecule has 1 rings (SSSR count). The van der Waals surface area contributed by atoms with E-state index in [0.29, 0.717) is 12.5 Å². The molecule has 0 fully saturated rings. The summed E-state index contributed by atoms with van der Waals surface area (Å²) in [7, 11) is 3.48. The lowest BCUT2D eigenvalue weighted by Gasteiger charge is -2.25. The normalized spacial score (nSPS) is 10.2. The number of carbonyl (C=O) groups excluding carboxylic acids is 1. The van der Waals surface area contributed by atoms with Crippen LogP contribution in [0.3, 0.4) is 0 Å². The molecule has 0 saturated heterocycles. The van der Waals surface area contributed by atoms with E-state index in [9.17, 15) is 4.79 Å². The lowest BCUT2D eigenvalue weighted by Crippen LogP contribution is -2.38. The molecule has 0 spiro atoms. The topological polar surface area (TPSA) is 87.4 Å². The largest absolute Gasteiger partial charge is 0.347 e. The van der Waals surface area contributed by atoms with Crippen molar-refractivity contribution in [1.82, 2.24) is 14.9 Å². The van der Waals surface area contributed by atoms with E-state index < -0.39 is 0 Å². The molecular weight excluding hydrogens is 244 g/mol. The molecule has 0 aromatic carbocycles. The zero-order chi connectivity index (χ0) is 14.4. The Balaban J connectivity index is 3.00. The molecule has 0 saturated carbocycles. The van der Waals surface area contributed by atoms with Gasteiger partial charge in [-0.25, -0.2) is 10.8 Å². The van der Waals surface area contributed by atoms with Crippen LogP contribution in [0, 0.1) is 6.92 Å². The van der Waals surface area contributed by atoms with Gasteiger partial charge in [-0.15, -0.1) is 0 Å². The Morgan fingerprint density at radius 2 is 2.16 bits per heavy atom. The molecule has 0 bridgehead atoms. The number of hydrogen-bond acceptors (Lipinski definition) is 6. The third-order valence-corrected chi connectivity index (χ3v) is 2.69. The first-order valence-corrected chi connectivity index (χ1v) is 6.25. The number of rotatable bonds is 6. The van der Waals surface area contributed by atoms with Gasteiger partial charge in [-0.3, -0.25) is 10.2 Å². The van der Waals surface area contributed by atoms with Crippen molar-refractivity contribution in [1.29, 1.82) is 0 Å². The van der Waals surface area contributed by atoms with Crippen LogP contribution in [-0.4, -0.2) is 48.0 Å². The number of aryl methyl sites for hydroxylation is 1. The fraction of sp³-hybridized carbons (Fsp3) is 0.583. The first kappa shape index (κ1) is 15.2. The van der Waals surface area contributed by atoms with Crippen molar-refractivity contribution in [3.8, 4) is 0 Å². The van der Waals surface area contributed by atoms with Gasteiger partial charge in [0.2, 0.25) is 11.9 Å². The summed E-state index contributed by atoms with van der Waals surface area (Å²) in [4.78, 5) is 23.8. The second-order valence-electron chi connectivity index (χ2n) is 4.55. The smallest absolute Gasteiger partial charge is 0.241 e. The minimum absolute atomic E-state index is 0.0359. The highest BCUT2D eigenvalue weighted by Crippen LogP contribution is 2.18. The van der Waals surface area contributed by atoms with Gasteiger partial charge in [0.25, 0.3) is 0 Å². The highest BCUT2D eigenvalue weighted by molar-refractivity contribution is 5.81. The van der Waals surface area contributed by atoms with Crippen LogP contribution in [-0.2, 0) is 4.79 Å². The van der Waals surface area contributed by atoms with E-state index in [2.05, 4.69) is 22.3 Å². The number of nitrogens with one attached hydrogen (secondary N) is 1. The first-order chi connectivity index (χ1) is 8.99. The number of aromatic nitrogens is 2. The summed E-state index contributed by atoms with van der Waals surface area (Å²) in [5, 5.41) is 0. The molecule has 0 aliphatic heterocycles. The number of nitrogens with two attached hydrogens (primary N) is 1. The zero-order valence-corrected chi connectivity index (χ0v) is 12.0. The monoisotopic (exact) mass is 266 g/mol. The summed E-state index contributed by atoms with van der Waals surface area (Å²) in [5.74, 6) is 6.44. The molecule has 0 atom stereocenters. The summed E-state index contributed by atoms with van der Waals surface area (Å²) in [5.41, 5.74) is 3.34. The van der Waals surface area contributed by atoms with Gasteiger partial charge < -0.3 is 9.80 Å². The molecule has 1 heterocycles. The number of anilines is 2. The van der Waals surface area contributed by atoms with Crippen molar-refractivity contribution in [2.24, 2.45) is 5.84 Å². The molecule has 19 heavy (non-hydrogen) atoms. The van der Waals surface area contributed by atoms with E-state index >= 15 is 0 Å². The fourth-order valence-electron chi connectivity index (χ4n) is 1.66. The first-order valence-electron chi connectivity index (χ1n) is 6.25. The van der Waals surface area contributed by atoms with Crippen molar-refractivity contribution < 1.29 is 4.79 Å². The number of amides is 1. The minimum Gasteiger partial charge on any atom is -0.347 e. The van der Waals surface area contributed by atoms with Gasteiger partial charge in [0.05, 0.1) is 6.54 Å². The molecule has 3 N–H and O–H groups in total. The van der Waals surface area contributed by atoms with Crippen LogP contribution in [0.1, 0.15) is 18.9 Å². The predicted molar refractivity (Wildman–Crippen MR) is 75.8 cm³/mol. The third-order valence-electron chi connectivity index (χ3n) is 2.69. The van der Waals surface area contributed by atoms with Crippen molar-refractivity contribution >= 4 is 17.7 Å². The van der Waals surface area contributed by atoms with Gasteiger partial charge in [0.1, 0.15) is 5.82 Å². The molecule has 0 aliphatic carbocycles. The molecule has 7 heteroatoms. The number of hydrogen-bond donors (Lipinski definition) is 2. The van der Waals surface area contributed by atoms with Crippen LogP contribution < -0.4 is 16.2 Å². The van der Waals surface area contributed by atoms with Gasteiger partial charge in [-0.2, -0.15) is 4.98 Å². The van der Waals surface area contributed by atoms with Gasteiger partial charge in [0, 0.05) is 32.4 Å². The average molecular weight is 266 g/mol.